The van der Waals surface area contributed by atoms with Crippen molar-refractivity contribution in [3.8, 4) is 11.5 Å². The number of halogens is 3. The second-order valence-corrected chi connectivity index (χ2v) is 6.88. The first-order chi connectivity index (χ1) is 14.6. The fourth-order valence-corrected chi connectivity index (χ4v) is 3.18. The summed E-state index contributed by atoms with van der Waals surface area (Å²) in [5, 5.41) is 7.00. The smallest absolute Gasteiger partial charge is 0.169 e. The third kappa shape index (κ3) is 3.34. The number of hydrogen-bond acceptors (Lipinski definition) is 7. The molecule has 5 rings (SSSR count). The van der Waals surface area contributed by atoms with E-state index < -0.39 is 5.82 Å². The normalized spacial score (nSPS) is 11.2. The van der Waals surface area contributed by atoms with Crippen LogP contribution in [0, 0.1) is 5.82 Å². The fourth-order valence-electron chi connectivity index (χ4n) is 2.83. The standard InChI is InChI=1S/C19H10Cl2FN7O/c20-14-5-3-12-18(28-14)19(25-8-23-12)27-11-2-4-13(16(21)17(11)22)30-10-1-6-15-24-9-26-29(15)7-10/h1-9H,(H,23,25,27). The average Bonchev–Trinajstić information content (AvgIpc) is 3.22. The molecule has 1 aromatic carbocycles. The molecule has 1 N–H and O–H groups in total. The summed E-state index contributed by atoms with van der Waals surface area (Å²) in [6, 6.07) is 9.75. The molecule has 0 aliphatic rings. The zero-order valence-corrected chi connectivity index (χ0v) is 16.4. The number of benzene rings is 1. The molecule has 0 radical (unpaired) electrons. The Kier molecular flexibility index (Phi) is 4.53. The van der Waals surface area contributed by atoms with Gasteiger partial charge in [0.2, 0.25) is 0 Å². The lowest BCUT2D eigenvalue weighted by Gasteiger charge is -2.13. The molecule has 5 aromatic rings. The van der Waals surface area contributed by atoms with E-state index >= 15 is 0 Å². The molecule has 0 saturated heterocycles. The van der Waals surface area contributed by atoms with E-state index in [0.717, 1.165) is 0 Å². The van der Waals surface area contributed by atoms with Gasteiger partial charge in [0.05, 0.1) is 17.4 Å². The van der Waals surface area contributed by atoms with Crippen molar-refractivity contribution in [3.05, 3.63) is 71.2 Å². The Morgan fingerprint density at radius 2 is 1.87 bits per heavy atom. The number of nitrogens with zero attached hydrogens (tertiary/aromatic N) is 6. The van der Waals surface area contributed by atoms with Crippen molar-refractivity contribution in [2.24, 2.45) is 0 Å². The minimum Gasteiger partial charge on any atom is -0.454 e. The lowest BCUT2D eigenvalue weighted by atomic mass is 10.2. The van der Waals surface area contributed by atoms with Crippen molar-refractivity contribution in [2.45, 2.75) is 0 Å². The molecule has 0 amide bonds. The summed E-state index contributed by atoms with van der Waals surface area (Å²) in [6.07, 6.45) is 4.38. The zero-order valence-electron chi connectivity index (χ0n) is 14.9. The Labute approximate surface area is 178 Å². The molecule has 4 heterocycles. The van der Waals surface area contributed by atoms with Crippen molar-refractivity contribution in [1.29, 1.82) is 0 Å². The van der Waals surface area contributed by atoms with Crippen LogP contribution in [0.5, 0.6) is 11.5 Å². The van der Waals surface area contributed by atoms with Crippen LogP contribution in [0.3, 0.4) is 0 Å². The molecule has 0 atom stereocenters. The molecule has 0 fully saturated rings. The number of fused-ring (bicyclic) bond motifs is 2. The Bertz CT molecular complexity index is 1410. The summed E-state index contributed by atoms with van der Waals surface area (Å²) in [6.45, 7) is 0. The van der Waals surface area contributed by atoms with Crippen LogP contribution in [-0.4, -0.2) is 29.5 Å². The first-order valence-electron chi connectivity index (χ1n) is 8.58. The first-order valence-corrected chi connectivity index (χ1v) is 9.33. The van der Waals surface area contributed by atoms with Gasteiger partial charge in [-0.05, 0) is 36.4 Å². The highest BCUT2D eigenvalue weighted by Crippen LogP contribution is 2.36. The third-order valence-electron chi connectivity index (χ3n) is 4.22. The van der Waals surface area contributed by atoms with Crippen molar-refractivity contribution in [2.75, 3.05) is 5.32 Å². The molecule has 148 valence electrons. The zero-order chi connectivity index (χ0) is 20.7. The predicted octanol–water partition coefficient (Wildman–Crippen LogP) is 5.05. The van der Waals surface area contributed by atoms with Crippen LogP contribution in [0.25, 0.3) is 16.7 Å². The highest BCUT2D eigenvalue weighted by molar-refractivity contribution is 6.32. The minimum atomic E-state index is -0.704. The van der Waals surface area contributed by atoms with E-state index in [0.29, 0.717) is 28.2 Å². The molecular formula is C19H10Cl2FN7O. The fraction of sp³-hybridized carbons (Fsp3) is 0. The van der Waals surface area contributed by atoms with E-state index in [4.69, 9.17) is 27.9 Å². The Morgan fingerprint density at radius 3 is 2.77 bits per heavy atom. The molecule has 0 spiro atoms. The number of nitrogens with one attached hydrogen (secondary N) is 1. The SMILES string of the molecule is Fc1c(Nc2ncnc3ccc(Cl)nc23)ccc(Oc2ccc3ncnn3c2)c1Cl. The molecule has 0 aliphatic carbocycles. The molecule has 30 heavy (non-hydrogen) atoms. The topological polar surface area (TPSA) is 90.1 Å². The van der Waals surface area contributed by atoms with E-state index in [1.165, 1.54) is 23.2 Å². The maximum absolute atomic E-state index is 14.9. The summed E-state index contributed by atoms with van der Waals surface area (Å²) < 4.78 is 22.2. The van der Waals surface area contributed by atoms with Crippen molar-refractivity contribution >= 4 is 51.4 Å². The van der Waals surface area contributed by atoms with Crippen LogP contribution in [0.15, 0.2) is 55.2 Å². The van der Waals surface area contributed by atoms with Crippen LogP contribution >= 0.6 is 23.2 Å². The van der Waals surface area contributed by atoms with Gasteiger partial charge in [-0.15, -0.1) is 0 Å². The van der Waals surface area contributed by atoms with Crippen molar-refractivity contribution in [3.63, 3.8) is 0 Å². The Hall–Kier alpha value is -3.56. The number of aromatic nitrogens is 6. The quantitative estimate of drug-likeness (QED) is 0.390. The number of pyridine rings is 2. The van der Waals surface area contributed by atoms with Crippen molar-refractivity contribution < 1.29 is 9.13 Å². The summed E-state index contributed by atoms with van der Waals surface area (Å²) in [5.74, 6) is 0.163. The van der Waals surface area contributed by atoms with Gasteiger partial charge < -0.3 is 10.1 Å². The van der Waals surface area contributed by atoms with Crippen LogP contribution in [-0.2, 0) is 0 Å². The van der Waals surface area contributed by atoms with E-state index in [1.54, 1.807) is 36.5 Å². The first kappa shape index (κ1) is 18.5. The number of hydrogen-bond donors (Lipinski definition) is 1. The van der Waals surface area contributed by atoms with Gasteiger partial charge >= 0.3 is 0 Å². The lowest BCUT2D eigenvalue weighted by molar-refractivity contribution is 0.473. The van der Waals surface area contributed by atoms with Gasteiger partial charge in [0.15, 0.2) is 17.3 Å². The number of ether oxygens (including phenoxy) is 1. The van der Waals surface area contributed by atoms with Gasteiger partial charge in [-0.25, -0.2) is 28.8 Å². The number of rotatable bonds is 4. The molecule has 0 unspecified atom stereocenters. The van der Waals surface area contributed by atoms with Gasteiger partial charge in [0.25, 0.3) is 0 Å². The monoisotopic (exact) mass is 441 g/mol. The van der Waals surface area contributed by atoms with Crippen LogP contribution in [0.2, 0.25) is 10.2 Å². The average molecular weight is 442 g/mol. The summed E-state index contributed by atoms with van der Waals surface area (Å²) in [7, 11) is 0. The highest BCUT2D eigenvalue weighted by atomic mass is 35.5. The van der Waals surface area contributed by atoms with Gasteiger partial charge in [-0.2, -0.15) is 5.10 Å². The molecule has 11 heteroatoms. The van der Waals surface area contributed by atoms with Gasteiger partial charge in [-0.3, -0.25) is 0 Å². The van der Waals surface area contributed by atoms with Gasteiger partial charge in [0.1, 0.15) is 39.8 Å². The third-order valence-corrected chi connectivity index (χ3v) is 4.79. The molecule has 0 saturated carbocycles. The minimum absolute atomic E-state index is 0.0980. The largest absolute Gasteiger partial charge is 0.454 e. The van der Waals surface area contributed by atoms with Crippen LogP contribution in [0.1, 0.15) is 0 Å². The van der Waals surface area contributed by atoms with E-state index in [1.807, 2.05) is 0 Å². The summed E-state index contributed by atoms with van der Waals surface area (Å²) in [5.41, 5.74) is 1.72. The lowest BCUT2D eigenvalue weighted by Crippen LogP contribution is -2.01. The predicted molar refractivity (Wildman–Crippen MR) is 110 cm³/mol. The van der Waals surface area contributed by atoms with E-state index in [9.17, 15) is 4.39 Å². The molecular weight excluding hydrogens is 432 g/mol. The van der Waals surface area contributed by atoms with Crippen LogP contribution in [0.4, 0.5) is 15.9 Å². The second kappa shape index (κ2) is 7.36. The van der Waals surface area contributed by atoms with Gasteiger partial charge in [-0.1, -0.05) is 23.2 Å². The maximum atomic E-state index is 14.9. The Balaban J connectivity index is 1.46. The van der Waals surface area contributed by atoms with Gasteiger partial charge in [0, 0.05) is 0 Å². The highest BCUT2D eigenvalue weighted by Gasteiger charge is 2.16. The Morgan fingerprint density at radius 1 is 0.967 bits per heavy atom. The second-order valence-electron chi connectivity index (χ2n) is 6.12. The van der Waals surface area contributed by atoms with E-state index in [2.05, 4.69) is 30.4 Å². The van der Waals surface area contributed by atoms with Crippen molar-refractivity contribution in [1.82, 2.24) is 29.5 Å². The molecule has 4 aromatic heterocycles. The molecule has 8 nitrogen and oxygen atoms in total. The summed E-state index contributed by atoms with van der Waals surface area (Å²) in [4.78, 5) is 16.5. The molecule has 0 bridgehead atoms. The van der Waals surface area contributed by atoms with Crippen LogP contribution < -0.4 is 10.1 Å². The maximum Gasteiger partial charge on any atom is 0.169 e. The molecule has 0 aliphatic heterocycles. The van der Waals surface area contributed by atoms with E-state index in [-0.39, 0.29) is 21.6 Å². The summed E-state index contributed by atoms with van der Waals surface area (Å²) >= 11 is 12.2. The number of anilines is 2.